The molecule has 0 aromatic heterocycles. The Hall–Kier alpha value is -0.570. The number of aliphatic carboxylic acids is 1. The predicted octanol–water partition coefficient (Wildman–Crippen LogP) is 1.97. The van der Waals surface area contributed by atoms with Crippen LogP contribution in [0.25, 0.3) is 0 Å². The molecule has 1 aliphatic heterocycles. The number of carbonyl (C=O) groups is 1. The molecule has 1 fully saturated rings. The van der Waals surface area contributed by atoms with Gasteiger partial charge in [0.25, 0.3) is 0 Å². The minimum Gasteiger partial charge on any atom is -0.480 e. The van der Waals surface area contributed by atoms with E-state index in [9.17, 15) is 4.79 Å². The molecule has 2 unspecified atom stereocenters. The first-order valence-corrected chi connectivity index (χ1v) is 5.45. The molecule has 0 bridgehead atoms. The number of piperidine rings is 1. The number of hydrogen-bond acceptors (Lipinski definition) is 2. The van der Waals surface area contributed by atoms with Gasteiger partial charge in [-0.1, -0.05) is 13.8 Å². The van der Waals surface area contributed by atoms with Crippen molar-refractivity contribution in [2.24, 2.45) is 5.41 Å². The summed E-state index contributed by atoms with van der Waals surface area (Å²) < 4.78 is 0. The van der Waals surface area contributed by atoms with Crippen LogP contribution in [-0.2, 0) is 4.79 Å². The molecule has 2 atom stereocenters. The molecule has 0 aromatic rings. The lowest BCUT2D eigenvalue weighted by Crippen LogP contribution is -2.48. The Kier molecular flexibility index (Phi) is 3.53. The molecule has 1 heterocycles. The van der Waals surface area contributed by atoms with Gasteiger partial charge in [-0.05, 0) is 38.1 Å². The number of rotatable bonds is 3. The molecule has 1 saturated heterocycles. The van der Waals surface area contributed by atoms with Crippen molar-refractivity contribution in [2.75, 3.05) is 13.1 Å². The molecule has 3 heteroatoms. The third-order valence-electron chi connectivity index (χ3n) is 3.57. The first kappa shape index (κ1) is 11.5. The topological polar surface area (TPSA) is 40.5 Å². The highest BCUT2D eigenvalue weighted by molar-refractivity contribution is 5.72. The third-order valence-corrected chi connectivity index (χ3v) is 3.57. The van der Waals surface area contributed by atoms with Crippen molar-refractivity contribution < 1.29 is 9.90 Å². The fourth-order valence-electron chi connectivity index (χ4n) is 2.13. The fourth-order valence-corrected chi connectivity index (χ4v) is 2.13. The molecule has 0 amide bonds. The first-order valence-electron chi connectivity index (χ1n) is 5.45. The van der Waals surface area contributed by atoms with E-state index >= 15 is 0 Å². The van der Waals surface area contributed by atoms with E-state index in [0.29, 0.717) is 5.41 Å². The Morgan fingerprint density at radius 3 is 2.79 bits per heavy atom. The van der Waals surface area contributed by atoms with E-state index in [1.807, 2.05) is 0 Å². The number of hydrogen-bond donors (Lipinski definition) is 1. The van der Waals surface area contributed by atoms with Gasteiger partial charge in [0.05, 0.1) is 0 Å². The van der Waals surface area contributed by atoms with Crippen molar-refractivity contribution in [3.63, 3.8) is 0 Å². The van der Waals surface area contributed by atoms with Crippen molar-refractivity contribution in [1.29, 1.82) is 0 Å². The van der Waals surface area contributed by atoms with Crippen molar-refractivity contribution >= 4 is 5.97 Å². The second-order valence-corrected chi connectivity index (χ2v) is 4.75. The highest BCUT2D eigenvalue weighted by Gasteiger charge is 2.33. The van der Waals surface area contributed by atoms with Gasteiger partial charge in [0.2, 0.25) is 0 Å². The Morgan fingerprint density at radius 2 is 2.29 bits per heavy atom. The quantitative estimate of drug-likeness (QED) is 0.755. The zero-order valence-corrected chi connectivity index (χ0v) is 9.42. The molecule has 0 spiro atoms. The normalized spacial score (nSPS) is 31.4. The molecule has 0 radical (unpaired) electrons. The maximum atomic E-state index is 10.9. The van der Waals surface area contributed by atoms with Crippen LogP contribution in [0.3, 0.4) is 0 Å². The Balaban J connectivity index is 2.60. The van der Waals surface area contributed by atoms with Crippen LogP contribution >= 0.6 is 0 Å². The monoisotopic (exact) mass is 199 g/mol. The summed E-state index contributed by atoms with van der Waals surface area (Å²) in [6.45, 7) is 8.09. The third kappa shape index (κ3) is 2.47. The summed E-state index contributed by atoms with van der Waals surface area (Å²) in [4.78, 5) is 12.9. The van der Waals surface area contributed by atoms with E-state index in [4.69, 9.17) is 5.11 Å². The summed E-state index contributed by atoms with van der Waals surface area (Å²) in [5.41, 5.74) is 0.321. The average Bonchev–Trinajstić information content (AvgIpc) is 2.16. The summed E-state index contributed by atoms with van der Waals surface area (Å²) in [6, 6.07) is -0.332. The molecule has 3 nitrogen and oxygen atoms in total. The number of carboxylic acid groups (broad SMARTS) is 1. The molecule has 1 rings (SSSR count). The van der Waals surface area contributed by atoms with Crippen LogP contribution in [0.2, 0.25) is 0 Å². The van der Waals surface area contributed by atoms with Crippen LogP contribution in [0, 0.1) is 5.41 Å². The zero-order valence-electron chi connectivity index (χ0n) is 9.42. The van der Waals surface area contributed by atoms with Gasteiger partial charge in [-0.25, -0.2) is 0 Å². The molecule has 0 aliphatic carbocycles. The molecule has 1 N–H and O–H groups in total. The number of carboxylic acids is 1. The van der Waals surface area contributed by atoms with Crippen molar-refractivity contribution in [2.45, 2.75) is 46.1 Å². The van der Waals surface area contributed by atoms with Gasteiger partial charge < -0.3 is 5.11 Å². The lowest BCUT2D eigenvalue weighted by atomic mass is 9.79. The Morgan fingerprint density at radius 1 is 1.64 bits per heavy atom. The highest BCUT2D eigenvalue weighted by Crippen LogP contribution is 2.33. The number of likely N-dealkylation sites (tertiary alicyclic amines) is 1. The minimum absolute atomic E-state index is 0.321. The molecule has 82 valence electrons. The minimum atomic E-state index is -0.703. The first-order chi connectivity index (χ1) is 6.48. The van der Waals surface area contributed by atoms with Crippen LogP contribution in [0.15, 0.2) is 0 Å². The summed E-state index contributed by atoms with van der Waals surface area (Å²) in [5, 5.41) is 8.94. The molecular weight excluding hydrogens is 178 g/mol. The predicted molar refractivity (Wildman–Crippen MR) is 56.3 cm³/mol. The van der Waals surface area contributed by atoms with Gasteiger partial charge in [-0.2, -0.15) is 0 Å². The maximum absolute atomic E-state index is 10.9. The zero-order chi connectivity index (χ0) is 10.8. The van der Waals surface area contributed by atoms with Gasteiger partial charge in [0.1, 0.15) is 6.04 Å². The van der Waals surface area contributed by atoms with Crippen molar-refractivity contribution in [1.82, 2.24) is 4.90 Å². The largest absolute Gasteiger partial charge is 0.480 e. The Labute approximate surface area is 86.1 Å². The summed E-state index contributed by atoms with van der Waals surface area (Å²) in [5.74, 6) is -0.703. The summed E-state index contributed by atoms with van der Waals surface area (Å²) in [7, 11) is 0. The maximum Gasteiger partial charge on any atom is 0.320 e. The molecule has 14 heavy (non-hydrogen) atoms. The van der Waals surface area contributed by atoms with E-state index in [-0.39, 0.29) is 6.04 Å². The van der Waals surface area contributed by atoms with Gasteiger partial charge in [-0.15, -0.1) is 0 Å². The van der Waals surface area contributed by atoms with Crippen LogP contribution in [0.5, 0.6) is 0 Å². The Bertz CT molecular complexity index is 217. The van der Waals surface area contributed by atoms with Crippen molar-refractivity contribution in [3.8, 4) is 0 Å². The highest BCUT2D eigenvalue weighted by atomic mass is 16.4. The summed E-state index contributed by atoms with van der Waals surface area (Å²) in [6.07, 6.45) is 3.49. The van der Waals surface area contributed by atoms with E-state index < -0.39 is 5.97 Å². The van der Waals surface area contributed by atoms with Gasteiger partial charge in [0.15, 0.2) is 0 Å². The van der Waals surface area contributed by atoms with Gasteiger partial charge >= 0.3 is 5.97 Å². The van der Waals surface area contributed by atoms with Crippen LogP contribution in [0.4, 0.5) is 0 Å². The lowest BCUT2D eigenvalue weighted by molar-refractivity contribution is -0.143. The standard InChI is InChI=1S/C11H21NO2/c1-4-11(3)6-5-7-12(8-11)9(2)10(13)14/h9H,4-8H2,1-3H3,(H,13,14). The SMILES string of the molecule is CCC1(C)CCCN(C(C)C(=O)O)C1. The molecule has 0 aromatic carbocycles. The van der Waals surface area contributed by atoms with E-state index in [1.165, 1.54) is 6.42 Å². The van der Waals surface area contributed by atoms with E-state index in [0.717, 1.165) is 25.9 Å². The van der Waals surface area contributed by atoms with Crippen LogP contribution in [0.1, 0.15) is 40.0 Å². The second-order valence-electron chi connectivity index (χ2n) is 4.75. The molecule has 1 aliphatic rings. The second kappa shape index (κ2) is 4.30. The lowest BCUT2D eigenvalue weighted by Gasteiger charge is -2.41. The van der Waals surface area contributed by atoms with Gasteiger partial charge in [0, 0.05) is 6.54 Å². The van der Waals surface area contributed by atoms with E-state index in [2.05, 4.69) is 18.7 Å². The number of nitrogens with zero attached hydrogens (tertiary/aromatic N) is 1. The molecule has 0 saturated carbocycles. The smallest absolute Gasteiger partial charge is 0.320 e. The van der Waals surface area contributed by atoms with Crippen molar-refractivity contribution in [3.05, 3.63) is 0 Å². The molecular formula is C11H21NO2. The van der Waals surface area contributed by atoms with Crippen LogP contribution in [-0.4, -0.2) is 35.1 Å². The summed E-state index contributed by atoms with van der Waals surface area (Å²) >= 11 is 0. The van der Waals surface area contributed by atoms with Crippen LogP contribution < -0.4 is 0 Å². The van der Waals surface area contributed by atoms with Gasteiger partial charge in [-0.3, -0.25) is 9.69 Å². The van der Waals surface area contributed by atoms with E-state index in [1.54, 1.807) is 6.92 Å². The average molecular weight is 199 g/mol. The fraction of sp³-hybridized carbons (Fsp3) is 0.909.